The van der Waals surface area contributed by atoms with Crippen LogP contribution in [-0.4, -0.2) is 54.4 Å². The van der Waals surface area contributed by atoms with E-state index in [0.29, 0.717) is 19.2 Å². The maximum absolute atomic E-state index is 14.6. The third-order valence-electron chi connectivity index (χ3n) is 6.15. The van der Waals surface area contributed by atoms with Crippen LogP contribution in [0.1, 0.15) is 35.3 Å². The Morgan fingerprint density at radius 3 is 2.55 bits per heavy atom. The first kappa shape index (κ1) is 21.3. The molecule has 8 nitrogen and oxygen atoms in total. The number of carbonyl (C=O) groups excluding carboxylic acids is 1. The van der Waals surface area contributed by atoms with Gasteiger partial charge in [0.1, 0.15) is 11.5 Å². The van der Waals surface area contributed by atoms with Gasteiger partial charge >= 0.3 is 6.18 Å². The van der Waals surface area contributed by atoms with Crippen molar-refractivity contribution in [3.63, 3.8) is 0 Å². The van der Waals surface area contributed by atoms with Crippen molar-refractivity contribution >= 4 is 11.7 Å². The smallest absolute Gasteiger partial charge is 0.364 e. The Hall–Kier alpha value is -3.57. The van der Waals surface area contributed by atoms with E-state index in [9.17, 15) is 22.4 Å². The van der Waals surface area contributed by atoms with Crippen molar-refractivity contribution in [2.24, 2.45) is 5.92 Å². The summed E-state index contributed by atoms with van der Waals surface area (Å²) < 4.78 is 52.9. The Morgan fingerprint density at radius 1 is 1.09 bits per heavy atom. The van der Waals surface area contributed by atoms with Crippen LogP contribution in [0.3, 0.4) is 0 Å². The van der Waals surface area contributed by atoms with Gasteiger partial charge in [-0.2, -0.15) is 23.4 Å². The molecule has 3 fully saturated rings. The first-order chi connectivity index (χ1) is 15.8. The predicted molar refractivity (Wildman–Crippen MR) is 108 cm³/mol. The number of rotatable bonds is 4. The molecule has 2 aliphatic heterocycles. The van der Waals surface area contributed by atoms with E-state index in [1.807, 2.05) is 0 Å². The fourth-order valence-corrected chi connectivity index (χ4v) is 4.70. The zero-order valence-electron chi connectivity index (χ0n) is 17.2. The van der Waals surface area contributed by atoms with Gasteiger partial charge in [0.2, 0.25) is 0 Å². The summed E-state index contributed by atoms with van der Waals surface area (Å²) in [6.07, 6.45) is 2.35. The van der Waals surface area contributed by atoms with Crippen LogP contribution in [0, 0.1) is 11.7 Å². The lowest BCUT2D eigenvalue weighted by Crippen LogP contribution is -2.60. The number of para-hydroxylation sites is 1. The molecule has 3 aliphatic rings. The fourth-order valence-electron chi connectivity index (χ4n) is 4.70. The van der Waals surface area contributed by atoms with E-state index >= 15 is 0 Å². The van der Waals surface area contributed by atoms with Gasteiger partial charge in [0, 0.05) is 12.6 Å². The molecule has 3 atom stereocenters. The lowest BCUT2D eigenvalue weighted by molar-refractivity contribution is -0.141. The minimum absolute atomic E-state index is 0.0212. The molecule has 1 saturated carbocycles. The van der Waals surface area contributed by atoms with Crippen molar-refractivity contribution in [3.8, 4) is 5.69 Å². The summed E-state index contributed by atoms with van der Waals surface area (Å²) >= 11 is 0. The van der Waals surface area contributed by atoms with E-state index in [1.165, 1.54) is 30.6 Å². The van der Waals surface area contributed by atoms with Gasteiger partial charge in [-0.05, 0) is 37.3 Å². The Balaban J connectivity index is 1.40. The average Bonchev–Trinajstić information content (AvgIpc) is 3.33. The van der Waals surface area contributed by atoms with Gasteiger partial charge in [-0.1, -0.05) is 6.07 Å². The lowest BCUT2D eigenvalue weighted by atomic mass is 9.76. The molecule has 2 bridgehead atoms. The molecule has 1 aromatic carbocycles. The molecule has 2 unspecified atom stereocenters. The van der Waals surface area contributed by atoms with Gasteiger partial charge in [0.05, 0.1) is 36.4 Å². The van der Waals surface area contributed by atoms with Gasteiger partial charge in [-0.15, -0.1) is 4.80 Å². The van der Waals surface area contributed by atoms with E-state index in [-0.39, 0.29) is 41.0 Å². The van der Waals surface area contributed by atoms with Crippen LogP contribution in [0.5, 0.6) is 0 Å². The summed E-state index contributed by atoms with van der Waals surface area (Å²) in [6.45, 7) is 0.517. The molecule has 1 aliphatic carbocycles. The molecule has 0 spiro atoms. The standard InChI is InChI=1S/C21H19F4N7O/c22-14-3-1-2-13(19(14)32-28-6-7-29-32)20(33)31-11-12-4-5-16(31)15(8-12)30-18-10-26-17(9-27-18)21(23,24)25/h1-3,6-7,9-10,12,15-16H,4-5,8,11H2,(H,27,30)/t12?,15?,16-/m0/s1. The summed E-state index contributed by atoms with van der Waals surface area (Å²) in [6, 6.07) is 3.80. The summed E-state index contributed by atoms with van der Waals surface area (Å²) in [5, 5.41) is 11.1. The number of hydrogen-bond acceptors (Lipinski definition) is 6. The molecule has 12 heteroatoms. The monoisotopic (exact) mass is 461 g/mol. The minimum atomic E-state index is -4.56. The third-order valence-corrected chi connectivity index (χ3v) is 6.15. The molecular weight excluding hydrogens is 442 g/mol. The summed E-state index contributed by atoms with van der Waals surface area (Å²) in [7, 11) is 0. The van der Waals surface area contributed by atoms with Gasteiger partial charge < -0.3 is 10.2 Å². The van der Waals surface area contributed by atoms with E-state index in [0.717, 1.165) is 23.8 Å². The molecule has 1 N–H and O–H groups in total. The van der Waals surface area contributed by atoms with Crippen LogP contribution < -0.4 is 5.32 Å². The molecule has 4 heterocycles. The highest BCUT2D eigenvalue weighted by Crippen LogP contribution is 2.38. The van der Waals surface area contributed by atoms with E-state index < -0.39 is 17.7 Å². The number of nitrogens with one attached hydrogen (secondary N) is 1. The number of carbonyl (C=O) groups is 1. The van der Waals surface area contributed by atoms with Crippen molar-refractivity contribution in [1.29, 1.82) is 0 Å². The Morgan fingerprint density at radius 2 is 1.88 bits per heavy atom. The highest BCUT2D eigenvalue weighted by Gasteiger charge is 2.44. The average molecular weight is 461 g/mol. The number of nitrogens with zero attached hydrogens (tertiary/aromatic N) is 6. The summed E-state index contributed by atoms with van der Waals surface area (Å²) in [5.41, 5.74) is -0.945. The zero-order valence-corrected chi connectivity index (χ0v) is 17.2. The number of alkyl halides is 3. The first-order valence-corrected chi connectivity index (χ1v) is 10.4. The van der Waals surface area contributed by atoms with Crippen LogP contribution in [0.15, 0.2) is 43.0 Å². The quantitative estimate of drug-likeness (QED) is 0.600. The van der Waals surface area contributed by atoms with Crippen LogP contribution in [0.4, 0.5) is 23.4 Å². The van der Waals surface area contributed by atoms with Crippen molar-refractivity contribution in [2.75, 3.05) is 11.9 Å². The molecule has 3 aromatic rings. The summed E-state index contributed by atoms with van der Waals surface area (Å²) in [5.74, 6) is -0.547. The van der Waals surface area contributed by atoms with Crippen LogP contribution >= 0.6 is 0 Å². The summed E-state index contributed by atoms with van der Waals surface area (Å²) in [4.78, 5) is 23.6. The maximum atomic E-state index is 14.6. The van der Waals surface area contributed by atoms with Crippen molar-refractivity contribution in [2.45, 2.75) is 37.5 Å². The second-order valence-electron chi connectivity index (χ2n) is 8.19. The number of hydrogen-bond donors (Lipinski definition) is 1. The topological polar surface area (TPSA) is 88.8 Å². The molecule has 2 saturated heterocycles. The molecule has 6 rings (SSSR count). The predicted octanol–water partition coefficient (Wildman–Crippen LogP) is 3.32. The largest absolute Gasteiger partial charge is 0.434 e. The second kappa shape index (κ2) is 8.09. The molecule has 2 aromatic heterocycles. The van der Waals surface area contributed by atoms with Crippen molar-refractivity contribution in [1.82, 2.24) is 29.9 Å². The number of amides is 1. The van der Waals surface area contributed by atoms with Gasteiger partial charge in [0.25, 0.3) is 5.91 Å². The van der Waals surface area contributed by atoms with Gasteiger partial charge in [-0.25, -0.2) is 14.4 Å². The normalized spacial score (nSPS) is 22.4. The Bertz CT molecular complexity index is 1150. The molecule has 0 radical (unpaired) electrons. The van der Waals surface area contributed by atoms with Gasteiger partial charge in [0.15, 0.2) is 11.5 Å². The second-order valence-corrected chi connectivity index (χ2v) is 8.19. The number of halogens is 4. The lowest BCUT2D eigenvalue weighted by Gasteiger charge is -2.50. The van der Waals surface area contributed by atoms with E-state index in [2.05, 4.69) is 25.5 Å². The number of aromatic nitrogens is 5. The molecule has 33 heavy (non-hydrogen) atoms. The highest BCUT2D eigenvalue weighted by molar-refractivity contribution is 5.98. The number of fused-ring (bicyclic) bond motifs is 3. The van der Waals surface area contributed by atoms with Crippen LogP contribution in [0.25, 0.3) is 5.69 Å². The Kier molecular flexibility index (Phi) is 5.22. The van der Waals surface area contributed by atoms with E-state index in [4.69, 9.17) is 0 Å². The maximum Gasteiger partial charge on any atom is 0.434 e. The van der Waals surface area contributed by atoms with Crippen LogP contribution in [-0.2, 0) is 6.18 Å². The van der Waals surface area contributed by atoms with Crippen molar-refractivity contribution < 1.29 is 22.4 Å². The number of anilines is 1. The molecule has 1 amide bonds. The fraction of sp³-hybridized carbons (Fsp3) is 0.381. The first-order valence-electron chi connectivity index (χ1n) is 10.4. The van der Waals surface area contributed by atoms with Crippen LogP contribution in [0.2, 0.25) is 0 Å². The van der Waals surface area contributed by atoms with Crippen molar-refractivity contribution in [3.05, 3.63) is 60.1 Å². The highest BCUT2D eigenvalue weighted by atomic mass is 19.4. The number of benzene rings is 1. The van der Waals surface area contributed by atoms with Gasteiger partial charge in [-0.3, -0.25) is 4.79 Å². The molecular formula is C21H19F4N7O. The third kappa shape index (κ3) is 4.00. The number of piperidine rings is 2. The molecule has 172 valence electrons. The van der Waals surface area contributed by atoms with E-state index in [1.54, 1.807) is 4.90 Å². The minimum Gasteiger partial charge on any atom is -0.364 e. The SMILES string of the molecule is O=C(c1cccc(F)c1-n1nccn1)N1CC2CC[C@H]1C(Nc1cnc(C(F)(F)F)cn1)C2. The zero-order chi connectivity index (χ0) is 23.2. The Labute approximate surface area is 185 Å².